The highest BCUT2D eigenvalue weighted by molar-refractivity contribution is 7.98. The van der Waals surface area contributed by atoms with Crippen molar-refractivity contribution >= 4 is 23.5 Å². The van der Waals surface area contributed by atoms with Gasteiger partial charge in [-0.1, -0.05) is 11.8 Å². The van der Waals surface area contributed by atoms with Crippen molar-refractivity contribution in [3.8, 4) is 0 Å². The van der Waals surface area contributed by atoms with Crippen LogP contribution in [0.15, 0.2) is 17.4 Å². The number of nitrogens with one attached hydrogen (secondary N) is 1. The van der Waals surface area contributed by atoms with Gasteiger partial charge in [0.15, 0.2) is 5.16 Å². The Labute approximate surface area is 132 Å². The normalized spacial score (nSPS) is 16.1. The predicted octanol–water partition coefficient (Wildman–Crippen LogP) is 2.19. The summed E-state index contributed by atoms with van der Waals surface area (Å²) in [5.41, 5.74) is 0. The number of piperidine rings is 1. The summed E-state index contributed by atoms with van der Waals surface area (Å²) in [5, 5.41) is 3.00. The second kappa shape index (κ2) is 8.26. The fraction of sp³-hybridized carbons (Fsp3) is 0.643. The quantitative estimate of drug-likeness (QED) is 0.640. The fourth-order valence-corrected chi connectivity index (χ4v) is 2.85. The molecule has 2 heterocycles. The zero-order chi connectivity index (χ0) is 15.9. The van der Waals surface area contributed by atoms with E-state index in [1.165, 1.54) is 11.8 Å². The number of alkyl halides is 2. The molecule has 1 aliphatic heterocycles. The molecular weight excluding hydrogens is 310 g/mol. The molecule has 0 atom stereocenters. The topological polar surface area (TPSA) is 58.1 Å². The molecule has 1 amide bonds. The summed E-state index contributed by atoms with van der Waals surface area (Å²) in [4.78, 5) is 22.4. The van der Waals surface area contributed by atoms with Gasteiger partial charge in [0, 0.05) is 25.7 Å². The molecule has 0 spiro atoms. The number of halogens is 2. The lowest BCUT2D eigenvalue weighted by Crippen LogP contribution is -2.37. The minimum atomic E-state index is -2.49. The van der Waals surface area contributed by atoms with Gasteiger partial charge in [0.2, 0.25) is 5.91 Å². The van der Waals surface area contributed by atoms with E-state index in [0.29, 0.717) is 6.42 Å². The van der Waals surface area contributed by atoms with Crippen LogP contribution in [0.4, 0.5) is 14.6 Å². The van der Waals surface area contributed by atoms with E-state index in [-0.39, 0.29) is 11.8 Å². The van der Waals surface area contributed by atoms with Crippen LogP contribution < -0.4 is 10.2 Å². The lowest BCUT2D eigenvalue weighted by Gasteiger charge is -2.32. The van der Waals surface area contributed by atoms with Gasteiger partial charge < -0.3 is 10.2 Å². The van der Waals surface area contributed by atoms with E-state index < -0.39 is 13.0 Å². The van der Waals surface area contributed by atoms with E-state index in [0.717, 1.165) is 36.9 Å². The monoisotopic (exact) mass is 330 g/mol. The number of thioether (sulfide) groups is 1. The van der Waals surface area contributed by atoms with Crippen molar-refractivity contribution < 1.29 is 13.6 Å². The Hall–Kier alpha value is -1.44. The molecule has 22 heavy (non-hydrogen) atoms. The van der Waals surface area contributed by atoms with Crippen LogP contribution in [-0.4, -0.2) is 48.2 Å². The van der Waals surface area contributed by atoms with Gasteiger partial charge in [-0.2, -0.15) is 0 Å². The summed E-state index contributed by atoms with van der Waals surface area (Å²) in [6, 6.07) is 1.88. The first-order valence-electron chi connectivity index (χ1n) is 7.25. The van der Waals surface area contributed by atoms with Crippen LogP contribution in [-0.2, 0) is 4.79 Å². The maximum atomic E-state index is 12.0. The van der Waals surface area contributed by atoms with Crippen molar-refractivity contribution in [1.29, 1.82) is 0 Å². The highest BCUT2D eigenvalue weighted by Gasteiger charge is 2.22. The third kappa shape index (κ3) is 5.08. The summed E-state index contributed by atoms with van der Waals surface area (Å²) < 4.78 is 24.1. The summed E-state index contributed by atoms with van der Waals surface area (Å²) >= 11 is 1.50. The van der Waals surface area contributed by atoms with Crippen molar-refractivity contribution in [2.45, 2.75) is 30.8 Å². The first-order chi connectivity index (χ1) is 10.6. The van der Waals surface area contributed by atoms with Crippen molar-refractivity contribution in [3.63, 3.8) is 0 Å². The average molecular weight is 330 g/mol. The van der Waals surface area contributed by atoms with Gasteiger partial charge in [0.1, 0.15) is 5.82 Å². The van der Waals surface area contributed by atoms with Gasteiger partial charge in [-0.25, -0.2) is 18.7 Å². The molecule has 1 aliphatic rings. The third-order valence-electron chi connectivity index (χ3n) is 3.67. The van der Waals surface area contributed by atoms with Crippen LogP contribution >= 0.6 is 11.8 Å². The van der Waals surface area contributed by atoms with Crippen LogP contribution in [0.2, 0.25) is 0 Å². The lowest BCUT2D eigenvalue weighted by atomic mass is 9.93. The number of hydrogen-bond donors (Lipinski definition) is 1. The van der Waals surface area contributed by atoms with Crippen molar-refractivity contribution in [3.05, 3.63) is 12.3 Å². The smallest absolute Gasteiger partial charge is 0.255 e. The van der Waals surface area contributed by atoms with Crippen LogP contribution in [0.25, 0.3) is 0 Å². The fourth-order valence-electron chi connectivity index (χ4n) is 2.50. The molecule has 0 saturated carbocycles. The van der Waals surface area contributed by atoms with Gasteiger partial charge in [-0.05, 0) is 31.1 Å². The van der Waals surface area contributed by atoms with E-state index in [1.807, 2.05) is 12.3 Å². The SMILES string of the molecule is CSc1nccc(N2CCC(CC(=O)NCC(F)F)CC2)n1. The van der Waals surface area contributed by atoms with Gasteiger partial charge in [0.05, 0.1) is 6.54 Å². The lowest BCUT2D eigenvalue weighted by molar-refractivity contribution is -0.122. The van der Waals surface area contributed by atoms with E-state index in [4.69, 9.17) is 0 Å². The number of anilines is 1. The predicted molar refractivity (Wildman–Crippen MR) is 82.4 cm³/mol. The molecule has 1 aromatic rings. The van der Waals surface area contributed by atoms with E-state index in [9.17, 15) is 13.6 Å². The first-order valence-corrected chi connectivity index (χ1v) is 8.47. The number of amides is 1. The number of carbonyl (C=O) groups is 1. The molecule has 1 N–H and O–H groups in total. The van der Waals surface area contributed by atoms with E-state index in [1.54, 1.807) is 6.20 Å². The molecule has 0 unspecified atom stereocenters. The van der Waals surface area contributed by atoms with Crippen molar-refractivity contribution in [2.75, 3.05) is 30.8 Å². The summed E-state index contributed by atoms with van der Waals surface area (Å²) in [7, 11) is 0. The second-order valence-electron chi connectivity index (χ2n) is 5.23. The Bertz CT molecular complexity index is 495. The largest absolute Gasteiger partial charge is 0.356 e. The molecule has 1 fully saturated rings. The number of hydrogen-bond acceptors (Lipinski definition) is 5. The maximum absolute atomic E-state index is 12.0. The van der Waals surface area contributed by atoms with Crippen LogP contribution in [0.3, 0.4) is 0 Å². The number of rotatable bonds is 6. The Morgan fingerprint density at radius 2 is 2.23 bits per heavy atom. The second-order valence-corrected chi connectivity index (χ2v) is 6.00. The minimum absolute atomic E-state index is 0.246. The molecule has 0 radical (unpaired) electrons. The maximum Gasteiger partial charge on any atom is 0.255 e. The summed E-state index contributed by atoms with van der Waals surface area (Å²) in [6.45, 7) is 1.07. The molecule has 8 heteroatoms. The van der Waals surface area contributed by atoms with Crippen molar-refractivity contribution in [2.24, 2.45) is 5.92 Å². The molecule has 0 aliphatic carbocycles. The Morgan fingerprint density at radius 3 is 2.86 bits per heavy atom. The van der Waals surface area contributed by atoms with Crippen LogP contribution in [0, 0.1) is 5.92 Å². The number of nitrogens with zero attached hydrogens (tertiary/aromatic N) is 3. The zero-order valence-electron chi connectivity index (χ0n) is 12.5. The zero-order valence-corrected chi connectivity index (χ0v) is 13.3. The molecule has 0 bridgehead atoms. The van der Waals surface area contributed by atoms with E-state index in [2.05, 4.69) is 20.2 Å². The van der Waals surface area contributed by atoms with Gasteiger partial charge in [-0.3, -0.25) is 4.79 Å². The van der Waals surface area contributed by atoms with Gasteiger partial charge >= 0.3 is 0 Å². The molecule has 2 rings (SSSR count). The van der Waals surface area contributed by atoms with E-state index >= 15 is 0 Å². The third-order valence-corrected chi connectivity index (χ3v) is 4.23. The Kier molecular flexibility index (Phi) is 6.35. The number of aromatic nitrogens is 2. The molecule has 1 saturated heterocycles. The highest BCUT2D eigenvalue weighted by atomic mass is 32.2. The molecule has 5 nitrogen and oxygen atoms in total. The standard InChI is InChI=1S/C14H20F2N4OS/c1-22-14-17-5-2-12(19-14)20-6-3-10(4-7-20)8-13(21)18-9-11(15)16/h2,5,10-11H,3-4,6-9H2,1H3,(H,18,21). The molecule has 122 valence electrons. The minimum Gasteiger partial charge on any atom is -0.356 e. The summed E-state index contributed by atoms with van der Waals surface area (Å²) in [5.74, 6) is 0.862. The molecule has 0 aromatic carbocycles. The van der Waals surface area contributed by atoms with Gasteiger partial charge in [-0.15, -0.1) is 0 Å². The number of carbonyl (C=O) groups excluding carboxylic acids is 1. The molecule has 1 aromatic heterocycles. The highest BCUT2D eigenvalue weighted by Crippen LogP contribution is 2.24. The average Bonchev–Trinajstić information content (AvgIpc) is 2.54. The first kappa shape index (κ1) is 16.9. The van der Waals surface area contributed by atoms with Gasteiger partial charge in [0.25, 0.3) is 6.43 Å². The molecular formula is C14H20F2N4OS. The van der Waals surface area contributed by atoms with Crippen LogP contribution in [0.1, 0.15) is 19.3 Å². The van der Waals surface area contributed by atoms with Crippen molar-refractivity contribution in [1.82, 2.24) is 15.3 Å². The Balaban J connectivity index is 1.79. The summed E-state index contributed by atoms with van der Waals surface area (Å²) in [6.07, 6.45) is 3.23. The Morgan fingerprint density at radius 1 is 1.50 bits per heavy atom. The van der Waals surface area contributed by atoms with Crippen LogP contribution in [0.5, 0.6) is 0 Å².